The lowest BCUT2D eigenvalue weighted by molar-refractivity contribution is -0.143. The summed E-state index contributed by atoms with van der Waals surface area (Å²) in [6.45, 7) is -0.179. The van der Waals surface area contributed by atoms with E-state index in [2.05, 4.69) is 4.98 Å². The van der Waals surface area contributed by atoms with Crippen molar-refractivity contribution in [2.45, 2.75) is 11.8 Å². The quantitative estimate of drug-likeness (QED) is 0.875. The van der Waals surface area contributed by atoms with Gasteiger partial charge in [0.2, 0.25) is 0 Å². The minimum absolute atomic E-state index is 0.110. The van der Waals surface area contributed by atoms with Crippen molar-refractivity contribution >= 4 is 17.3 Å². The first-order valence-corrected chi connectivity index (χ1v) is 6.54. The van der Waals surface area contributed by atoms with Gasteiger partial charge in [-0.15, -0.1) is 11.3 Å². The number of nitrogens with two attached hydrogens (primary N) is 1. The van der Waals surface area contributed by atoms with Crippen molar-refractivity contribution in [3.05, 3.63) is 52.2 Å². The van der Waals surface area contributed by atoms with Crippen LogP contribution in [0.25, 0.3) is 0 Å². The lowest BCUT2D eigenvalue weighted by atomic mass is 9.77. The van der Waals surface area contributed by atoms with Crippen molar-refractivity contribution in [1.29, 1.82) is 0 Å². The molecular weight excluding hydrogens is 267 g/mol. The molecule has 0 saturated heterocycles. The summed E-state index contributed by atoms with van der Waals surface area (Å²) in [5, 5.41) is 9.54. The summed E-state index contributed by atoms with van der Waals surface area (Å²) >= 11 is 1.33. The van der Waals surface area contributed by atoms with E-state index in [1.807, 2.05) is 0 Å². The van der Waals surface area contributed by atoms with Gasteiger partial charge in [-0.05, 0) is 6.07 Å². The third-order valence-electron chi connectivity index (χ3n) is 3.11. The van der Waals surface area contributed by atoms with Crippen molar-refractivity contribution < 1.29 is 14.3 Å². The SMILES string of the molecule is NCC(Cc1cncs1)(C(=O)O)c1ccccc1F. The molecule has 4 nitrogen and oxygen atoms in total. The van der Waals surface area contributed by atoms with Crippen LogP contribution < -0.4 is 5.73 Å². The number of benzene rings is 1. The molecular formula is C13H13FN2O2S. The molecule has 1 atom stereocenters. The topological polar surface area (TPSA) is 76.2 Å². The van der Waals surface area contributed by atoms with E-state index in [0.29, 0.717) is 0 Å². The molecule has 6 heteroatoms. The number of carbonyl (C=O) groups is 1. The van der Waals surface area contributed by atoms with E-state index in [-0.39, 0.29) is 18.5 Å². The Bertz CT molecular complexity index is 574. The number of nitrogens with zero attached hydrogens (tertiary/aromatic N) is 1. The van der Waals surface area contributed by atoms with Crippen LogP contribution in [-0.4, -0.2) is 22.6 Å². The second kappa shape index (κ2) is 5.46. The molecule has 0 fully saturated rings. The number of carboxylic acids is 1. The molecule has 0 aliphatic carbocycles. The molecule has 0 bridgehead atoms. The zero-order chi connectivity index (χ0) is 13.9. The zero-order valence-corrected chi connectivity index (χ0v) is 10.9. The molecule has 0 spiro atoms. The van der Waals surface area contributed by atoms with Gasteiger partial charge in [0.25, 0.3) is 0 Å². The largest absolute Gasteiger partial charge is 0.481 e. The van der Waals surface area contributed by atoms with Gasteiger partial charge in [-0.2, -0.15) is 0 Å². The number of rotatable bonds is 5. The fraction of sp³-hybridized carbons (Fsp3) is 0.231. The van der Waals surface area contributed by atoms with Gasteiger partial charge in [-0.1, -0.05) is 18.2 Å². The van der Waals surface area contributed by atoms with Crippen molar-refractivity contribution in [3.63, 3.8) is 0 Å². The second-order valence-corrected chi connectivity index (χ2v) is 5.19. The molecule has 2 aromatic rings. The standard InChI is InChI=1S/C13H13FN2O2S/c14-11-4-2-1-3-10(11)13(7-15,12(17)18)5-9-6-16-8-19-9/h1-4,6,8H,5,7,15H2,(H,17,18). The predicted molar refractivity (Wildman–Crippen MR) is 70.6 cm³/mol. The van der Waals surface area contributed by atoms with Crippen LogP contribution in [-0.2, 0) is 16.6 Å². The molecule has 0 aliphatic rings. The fourth-order valence-corrected chi connectivity index (χ4v) is 2.74. The van der Waals surface area contributed by atoms with E-state index < -0.39 is 17.2 Å². The van der Waals surface area contributed by atoms with Crippen molar-refractivity contribution in [1.82, 2.24) is 4.98 Å². The molecule has 0 aliphatic heterocycles. The van der Waals surface area contributed by atoms with Crippen molar-refractivity contribution in [2.24, 2.45) is 5.73 Å². The van der Waals surface area contributed by atoms with Crippen LogP contribution in [0.1, 0.15) is 10.4 Å². The Morgan fingerprint density at radius 3 is 2.74 bits per heavy atom. The lowest BCUT2D eigenvalue weighted by Crippen LogP contribution is -2.45. The van der Waals surface area contributed by atoms with Crippen LogP contribution in [0.15, 0.2) is 36.0 Å². The number of hydrogen-bond donors (Lipinski definition) is 2. The van der Waals surface area contributed by atoms with Gasteiger partial charge in [0, 0.05) is 29.6 Å². The predicted octanol–water partition coefficient (Wildman–Crippen LogP) is 1.81. The molecule has 1 aromatic carbocycles. The molecule has 0 saturated carbocycles. The van der Waals surface area contributed by atoms with E-state index in [1.165, 1.54) is 29.5 Å². The highest BCUT2D eigenvalue weighted by Crippen LogP contribution is 2.31. The summed E-state index contributed by atoms with van der Waals surface area (Å²) in [4.78, 5) is 16.3. The summed E-state index contributed by atoms with van der Waals surface area (Å²) in [5.41, 5.74) is 5.92. The van der Waals surface area contributed by atoms with Crippen LogP contribution in [0.4, 0.5) is 4.39 Å². The van der Waals surface area contributed by atoms with Crippen LogP contribution in [0.3, 0.4) is 0 Å². The third kappa shape index (κ3) is 2.50. The van der Waals surface area contributed by atoms with Crippen molar-refractivity contribution in [3.8, 4) is 0 Å². The Balaban J connectivity index is 2.51. The summed E-state index contributed by atoms with van der Waals surface area (Å²) in [7, 11) is 0. The highest BCUT2D eigenvalue weighted by Gasteiger charge is 2.41. The smallest absolute Gasteiger partial charge is 0.315 e. The van der Waals surface area contributed by atoms with Crippen LogP contribution >= 0.6 is 11.3 Å². The number of carboxylic acid groups (broad SMARTS) is 1. The molecule has 1 unspecified atom stereocenters. The highest BCUT2D eigenvalue weighted by atomic mass is 32.1. The molecule has 0 amide bonds. The Labute approximate surface area is 113 Å². The van der Waals surface area contributed by atoms with E-state index in [9.17, 15) is 14.3 Å². The molecule has 1 aromatic heterocycles. The van der Waals surface area contributed by atoms with E-state index in [4.69, 9.17) is 5.73 Å². The molecule has 1 heterocycles. The van der Waals surface area contributed by atoms with E-state index >= 15 is 0 Å². The highest BCUT2D eigenvalue weighted by molar-refractivity contribution is 7.09. The number of halogens is 1. The average molecular weight is 280 g/mol. The number of aliphatic carboxylic acids is 1. The van der Waals surface area contributed by atoms with Crippen LogP contribution in [0, 0.1) is 5.82 Å². The second-order valence-electron chi connectivity index (χ2n) is 4.22. The Hall–Kier alpha value is -1.79. The molecule has 100 valence electrons. The first-order valence-electron chi connectivity index (χ1n) is 5.66. The summed E-state index contributed by atoms with van der Waals surface area (Å²) < 4.78 is 13.9. The lowest BCUT2D eigenvalue weighted by Gasteiger charge is -2.28. The Morgan fingerprint density at radius 2 is 2.21 bits per heavy atom. The number of aromatic nitrogens is 1. The third-order valence-corrected chi connectivity index (χ3v) is 3.89. The maximum absolute atomic E-state index is 13.9. The van der Waals surface area contributed by atoms with Gasteiger partial charge >= 0.3 is 5.97 Å². The van der Waals surface area contributed by atoms with Crippen LogP contribution in [0.5, 0.6) is 0 Å². The molecule has 19 heavy (non-hydrogen) atoms. The first kappa shape index (κ1) is 13.6. The molecule has 0 radical (unpaired) electrons. The van der Waals surface area contributed by atoms with Gasteiger partial charge in [0.05, 0.1) is 5.51 Å². The van der Waals surface area contributed by atoms with Gasteiger partial charge < -0.3 is 10.8 Å². The van der Waals surface area contributed by atoms with Gasteiger partial charge in [-0.3, -0.25) is 9.78 Å². The van der Waals surface area contributed by atoms with Crippen LogP contribution in [0.2, 0.25) is 0 Å². The van der Waals surface area contributed by atoms with Gasteiger partial charge in [0.15, 0.2) is 0 Å². The van der Waals surface area contributed by atoms with Gasteiger partial charge in [0.1, 0.15) is 11.2 Å². The summed E-state index contributed by atoms with van der Waals surface area (Å²) in [6.07, 6.45) is 1.71. The summed E-state index contributed by atoms with van der Waals surface area (Å²) in [6, 6.07) is 5.85. The van der Waals surface area contributed by atoms with Crippen molar-refractivity contribution in [2.75, 3.05) is 6.54 Å². The van der Waals surface area contributed by atoms with E-state index in [1.54, 1.807) is 17.8 Å². The van der Waals surface area contributed by atoms with Gasteiger partial charge in [-0.25, -0.2) is 4.39 Å². The maximum Gasteiger partial charge on any atom is 0.315 e. The molecule has 2 rings (SSSR count). The minimum atomic E-state index is -1.46. The summed E-state index contributed by atoms with van der Waals surface area (Å²) in [5.74, 6) is -1.69. The number of thiazole rings is 1. The Kier molecular flexibility index (Phi) is 3.92. The molecule has 3 N–H and O–H groups in total. The normalized spacial score (nSPS) is 14.0. The zero-order valence-electron chi connectivity index (χ0n) is 10.0. The first-order chi connectivity index (χ1) is 9.10. The minimum Gasteiger partial charge on any atom is -0.481 e. The number of hydrogen-bond acceptors (Lipinski definition) is 4. The average Bonchev–Trinajstić information content (AvgIpc) is 2.89. The maximum atomic E-state index is 13.9. The van der Waals surface area contributed by atoms with E-state index in [0.717, 1.165) is 4.88 Å². The fourth-order valence-electron chi connectivity index (χ4n) is 2.03. The monoisotopic (exact) mass is 280 g/mol. The Morgan fingerprint density at radius 1 is 1.47 bits per heavy atom.